The summed E-state index contributed by atoms with van der Waals surface area (Å²) >= 11 is 0. The summed E-state index contributed by atoms with van der Waals surface area (Å²) in [5.74, 6) is 0.849. The highest BCUT2D eigenvalue weighted by Gasteiger charge is 2.09. The van der Waals surface area contributed by atoms with Crippen LogP contribution in [0.25, 0.3) is 11.4 Å². The van der Waals surface area contributed by atoms with E-state index in [0.29, 0.717) is 11.5 Å². The third kappa shape index (κ3) is 4.29. The quantitative estimate of drug-likeness (QED) is 0.541. The average molecular weight is 350 g/mol. The number of hydrogen-bond acceptors (Lipinski definition) is 6. The van der Waals surface area contributed by atoms with E-state index in [1.54, 1.807) is 14.0 Å². The molecule has 0 spiro atoms. The molecule has 2 aromatic carbocycles. The summed E-state index contributed by atoms with van der Waals surface area (Å²) in [7, 11) is 1.60. The van der Waals surface area contributed by atoms with Crippen LogP contribution >= 0.6 is 0 Å². The van der Waals surface area contributed by atoms with Gasteiger partial charge in [0.15, 0.2) is 0 Å². The molecule has 0 radical (unpaired) electrons. The van der Waals surface area contributed by atoms with Gasteiger partial charge in [0.2, 0.25) is 5.82 Å². The maximum atomic E-state index is 12.0. The van der Waals surface area contributed by atoms with Gasteiger partial charge >= 0.3 is 0 Å². The van der Waals surface area contributed by atoms with Crippen molar-refractivity contribution in [3.63, 3.8) is 0 Å². The minimum Gasteiger partial charge on any atom is -0.497 e. The fourth-order valence-corrected chi connectivity index (χ4v) is 2.24. The molecule has 0 aliphatic heterocycles. The maximum Gasteiger partial charge on any atom is 0.263 e. The van der Waals surface area contributed by atoms with Crippen LogP contribution in [0.2, 0.25) is 0 Å². The lowest BCUT2D eigenvalue weighted by Crippen LogP contribution is -2.25. The van der Waals surface area contributed by atoms with Crippen LogP contribution in [0, 0.1) is 0 Å². The van der Waals surface area contributed by atoms with Crippen molar-refractivity contribution in [2.24, 2.45) is 5.10 Å². The number of amides is 1. The molecule has 8 nitrogen and oxygen atoms in total. The van der Waals surface area contributed by atoms with Crippen molar-refractivity contribution in [1.82, 2.24) is 25.6 Å². The first-order valence-corrected chi connectivity index (χ1v) is 7.96. The first-order chi connectivity index (χ1) is 12.7. The highest BCUT2D eigenvalue weighted by molar-refractivity contribution is 5.99. The summed E-state index contributed by atoms with van der Waals surface area (Å²) in [6.07, 6.45) is 0. The number of ether oxygens (including phenoxy) is 1. The number of hydrogen-bond donors (Lipinski definition) is 1. The number of carbonyl (C=O) groups excluding carboxylic acids is 1. The van der Waals surface area contributed by atoms with Gasteiger partial charge in [-0.15, -0.1) is 10.2 Å². The van der Waals surface area contributed by atoms with Gasteiger partial charge in [0.05, 0.1) is 12.8 Å². The molecule has 0 saturated carbocycles. The van der Waals surface area contributed by atoms with Gasteiger partial charge in [-0.05, 0) is 24.3 Å². The first-order valence-electron chi connectivity index (χ1n) is 7.96. The number of carbonyl (C=O) groups is 1. The Balaban J connectivity index is 1.61. The van der Waals surface area contributed by atoms with Gasteiger partial charge in [0, 0.05) is 11.1 Å². The summed E-state index contributed by atoms with van der Waals surface area (Å²) in [5, 5.41) is 16.1. The zero-order valence-corrected chi connectivity index (χ0v) is 14.5. The minimum atomic E-state index is -0.343. The highest BCUT2D eigenvalue weighted by atomic mass is 16.5. The van der Waals surface area contributed by atoms with Crippen molar-refractivity contribution < 1.29 is 9.53 Å². The average Bonchev–Trinajstić information content (AvgIpc) is 3.15. The predicted molar refractivity (Wildman–Crippen MR) is 96.6 cm³/mol. The molecule has 1 amide bonds. The van der Waals surface area contributed by atoms with Gasteiger partial charge in [0.1, 0.15) is 12.3 Å². The SMILES string of the molecule is COc1cccc(/C(C)=N/NC(=O)Cn2nnc(-c3ccccc3)n2)c1. The second-order valence-electron chi connectivity index (χ2n) is 5.47. The number of hydrazone groups is 1. The van der Waals surface area contributed by atoms with Gasteiger partial charge in [-0.1, -0.05) is 42.5 Å². The number of methoxy groups -OCH3 is 1. The number of nitrogens with one attached hydrogen (secondary N) is 1. The van der Waals surface area contributed by atoms with E-state index in [9.17, 15) is 4.79 Å². The van der Waals surface area contributed by atoms with E-state index in [-0.39, 0.29) is 12.5 Å². The van der Waals surface area contributed by atoms with Gasteiger partial charge in [-0.3, -0.25) is 4.79 Å². The van der Waals surface area contributed by atoms with Crippen molar-refractivity contribution in [2.75, 3.05) is 7.11 Å². The van der Waals surface area contributed by atoms with Gasteiger partial charge < -0.3 is 4.74 Å². The van der Waals surface area contributed by atoms with E-state index in [0.717, 1.165) is 16.9 Å². The predicted octanol–water partition coefficient (Wildman–Crippen LogP) is 1.89. The smallest absolute Gasteiger partial charge is 0.263 e. The Hall–Kier alpha value is -3.55. The number of rotatable bonds is 6. The van der Waals surface area contributed by atoms with E-state index in [2.05, 4.69) is 25.9 Å². The summed E-state index contributed by atoms with van der Waals surface area (Å²) in [5.41, 5.74) is 4.85. The standard InChI is InChI=1S/C18H18N6O2/c1-13(15-9-6-10-16(11-15)26-2)19-20-17(25)12-24-22-18(21-23-24)14-7-4-3-5-8-14/h3-11H,12H2,1-2H3,(H,20,25)/b19-13+. The van der Waals surface area contributed by atoms with Crippen LogP contribution in [0.15, 0.2) is 59.7 Å². The van der Waals surface area contributed by atoms with E-state index in [4.69, 9.17) is 4.74 Å². The van der Waals surface area contributed by atoms with E-state index < -0.39 is 0 Å². The molecular formula is C18H18N6O2. The molecule has 0 unspecified atom stereocenters. The lowest BCUT2D eigenvalue weighted by atomic mass is 10.1. The molecule has 132 valence electrons. The van der Waals surface area contributed by atoms with Crippen LogP contribution in [0.1, 0.15) is 12.5 Å². The second-order valence-corrected chi connectivity index (χ2v) is 5.47. The van der Waals surface area contributed by atoms with E-state index >= 15 is 0 Å². The third-order valence-corrected chi connectivity index (χ3v) is 3.61. The van der Waals surface area contributed by atoms with Crippen LogP contribution in [0.5, 0.6) is 5.75 Å². The van der Waals surface area contributed by atoms with Crippen molar-refractivity contribution >= 4 is 11.6 Å². The van der Waals surface area contributed by atoms with Crippen molar-refractivity contribution in [2.45, 2.75) is 13.5 Å². The molecule has 0 saturated heterocycles. The maximum absolute atomic E-state index is 12.0. The molecule has 1 aromatic heterocycles. The Morgan fingerprint density at radius 3 is 2.77 bits per heavy atom. The Labute approximate surface area is 150 Å². The Morgan fingerprint density at radius 2 is 2.00 bits per heavy atom. The first kappa shape index (κ1) is 17.3. The summed E-state index contributed by atoms with van der Waals surface area (Å²) in [4.78, 5) is 13.3. The lowest BCUT2D eigenvalue weighted by Gasteiger charge is -2.04. The van der Waals surface area contributed by atoms with E-state index in [1.165, 1.54) is 4.80 Å². The van der Waals surface area contributed by atoms with Crippen molar-refractivity contribution in [1.29, 1.82) is 0 Å². The number of nitrogens with zero attached hydrogens (tertiary/aromatic N) is 5. The zero-order chi connectivity index (χ0) is 18.4. The monoisotopic (exact) mass is 350 g/mol. The van der Waals surface area contributed by atoms with Crippen LogP contribution in [0.4, 0.5) is 0 Å². The fraction of sp³-hybridized carbons (Fsp3) is 0.167. The molecule has 0 fully saturated rings. The topological polar surface area (TPSA) is 94.3 Å². The largest absolute Gasteiger partial charge is 0.497 e. The molecule has 0 aliphatic rings. The number of aromatic nitrogens is 4. The number of tetrazole rings is 1. The zero-order valence-electron chi connectivity index (χ0n) is 14.5. The highest BCUT2D eigenvalue weighted by Crippen LogP contribution is 2.13. The summed E-state index contributed by atoms with van der Waals surface area (Å²) in [6.45, 7) is 1.73. The Morgan fingerprint density at radius 1 is 1.19 bits per heavy atom. The Kier molecular flexibility index (Phi) is 5.33. The Bertz CT molecular complexity index is 920. The molecular weight excluding hydrogens is 332 g/mol. The second kappa shape index (κ2) is 8.02. The van der Waals surface area contributed by atoms with Crippen LogP contribution in [0.3, 0.4) is 0 Å². The minimum absolute atomic E-state index is 0.0747. The fourth-order valence-electron chi connectivity index (χ4n) is 2.24. The number of benzene rings is 2. The molecule has 1 N–H and O–H groups in total. The van der Waals surface area contributed by atoms with Crippen LogP contribution in [-0.2, 0) is 11.3 Å². The molecule has 8 heteroatoms. The molecule has 0 atom stereocenters. The summed E-state index contributed by atoms with van der Waals surface area (Å²) < 4.78 is 5.18. The third-order valence-electron chi connectivity index (χ3n) is 3.61. The summed E-state index contributed by atoms with van der Waals surface area (Å²) in [6, 6.07) is 16.9. The van der Waals surface area contributed by atoms with Gasteiger partial charge in [-0.25, -0.2) is 5.43 Å². The molecule has 26 heavy (non-hydrogen) atoms. The van der Waals surface area contributed by atoms with Crippen LogP contribution in [-0.4, -0.2) is 38.9 Å². The van der Waals surface area contributed by atoms with E-state index in [1.807, 2.05) is 54.6 Å². The van der Waals surface area contributed by atoms with Crippen molar-refractivity contribution in [3.05, 3.63) is 60.2 Å². The van der Waals surface area contributed by atoms with Gasteiger partial charge in [0.25, 0.3) is 5.91 Å². The molecule has 1 heterocycles. The molecule has 3 aromatic rings. The van der Waals surface area contributed by atoms with Crippen molar-refractivity contribution in [3.8, 4) is 17.1 Å². The molecule has 0 aliphatic carbocycles. The van der Waals surface area contributed by atoms with Gasteiger partial charge in [-0.2, -0.15) is 9.90 Å². The molecule has 3 rings (SSSR count). The normalized spacial score (nSPS) is 11.2. The van der Waals surface area contributed by atoms with Crippen LogP contribution < -0.4 is 10.2 Å². The molecule has 0 bridgehead atoms. The lowest BCUT2D eigenvalue weighted by molar-refractivity contribution is -0.122.